The van der Waals surface area contributed by atoms with Crippen LogP contribution in [-0.2, 0) is 11.2 Å². The highest BCUT2D eigenvalue weighted by molar-refractivity contribution is 6.36. The third-order valence-electron chi connectivity index (χ3n) is 3.61. The third-order valence-corrected chi connectivity index (χ3v) is 4.27. The lowest BCUT2D eigenvalue weighted by molar-refractivity contribution is -0.116. The van der Waals surface area contributed by atoms with Gasteiger partial charge in [0.1, 0.15) is 6.10 Å². The SMILES string of the molecule is O=C1CCc2cc(C(O)c3c(Cl)cccc3Cl)ccc2N1. The first-order valence-corrected chi connectivity index (χ1v) is 7.36. The van der Waals surface area contributed by atoms with Gasteiger partial charge in [-0.05, 0) is 35.7 Å². The number of hydrogen-bond acceptors (Lipinski definition) is 2. The number of anilines is 1. The number of aryl methyl sites for hydroxylation is 1. The van der Waals surface area contributed by atoms with Gasteiger partial charge in [-0.25, -0.2) is 0 Å². The molecule has 1 heterocycles. The average molecular weight is 322 g/mol. The van der Waals surface area contributed by atoms with Crippen molar-refractivity contribution in [3.8, 4) is 0 Å². The monoisotopic (exact) mass is 321 g/mol. The van der Waals surface area contributed by atoms with E-state index in [0.29, 0.717) is 34.0 Å². The first-order chi connectivity index (χ1) is 10.1. The van der Waals surface area contributed by atoms with Gasteiger partial charge in [0, 0.05) is 27.7 Å². The molecule has 5 heteroatoms. The quantitative estimate of drug-likeness (QED) is 0.879. The molecule has 1 unspecified atom stereocenters. The van der Waals surface area contributed by atoms with Crippen LogP contribution in [0.1, 0.15) is 29.2 Å². The minimum atomic E-state index is -0.894. The van der Waals surface area contributed by atoms with Crippen LogP contribution in [0.2, 0.25) is 10.0 Å². The second-order valence-corrected chi connectivity index (χ2v) is 5.82. The van der Waals surface area contributed by atoms with E-state index in [1.165, 1.54) is 0 Å². The molecule has 3 nitrogen and oxygen atoms in total. The van der Waals surface area contributed by atoms with Crippen molar-refractivity contribution in [2.45, 2.75) is 18.9 Å². The Bertz CT molecular complexity index is 695. The van der Waals surface area contributed by atoms with Crippen LogP contribution >= 0.6 is 23.2 Å². The van der Waals surface area contributed by atoms with E-state index < -0.39 is 6.10 Å². The van der Waals surface area contributed by atoms with Crippen molar-refractivity contribution in [1.82, 2.24) is 0 Å². The van der Waals surface area contributed by atoms with Gasteiger partial charge in [0.05, 0.1) is 0 Å². The lowest BCUT2D eigenvalue weighted by atomic mass is 9.95. The number of rotatable bonds is 2. The molecule has 2 N–H and O–H groups in total. The Morgan fingerprint density at radius 2 is 1.81 bits per heavy atom. The first-order valence-electron chi connectivity index (χ1n) is 6.61. The minimum Gasteiger partial charge on any atom is -0.384 e. The number of carbonyl (C=O) groups is 1. The van der Waals surface area contributed by atoms with Gasteiger partial charge in [-0.15, -0.1) is 0 Å². The van der Waals surface area contributed by atoms with Crippen molar-refractivity contribution < 1.29 is 9.90 Å². The molecule has 1 aliphatic heterocycles. The average Bonchev–Trinajstić information content (AvgIpc) is 2.46. The Labute approximate surface area is 132 Å². The Morgan fingerprint density at radius 1 is 1.10 bits per heavy atom. The molecule has 3 rings (SSSR count). The van der Waals surface area contributed by atoms with Crippen molar-refractivity contribution in [2.75, 3.05) is 5.32 Å². The standard InChI is InChI=1S/C16H13Cl2NO2/c17-11-2-1-3-12(18)15(11)16(21)10-4-6-13-9(8-10)5-7-14(20)19-13/h1-4,6,8,16,21H,5,7H2,(H,19,20). The second kappa shape index (κ2) is 5.68. The maximum Gasteiger partial charge on any atom is 0.224 e. The van der Waals surface area contributed by atoms with Gasteiger partial charge in [-0.2, -0.15) is 0 Å². The molecule has 21 heavy (non-hydrogen) atoms. The summed E-state index contributed by atoms with van der Waals surface area (Å²) in [7, 11) is 0. The zero-order valence-corrected chi connectivity index (χ0v) is 12.6. The molecule has 1 aliphatic rings. The van der Waals surface area contributed by atoms with E-state index in [2.05, 4.69) is 5.32 Å². The molecule has 0 bridgehead atoms. The van der Waals surface area contributed by atoms with E-state index in [9.17, 15) is 9.90 Å². The van der Waals surface area contributed by atoms with Crippen molar-refractivity contribution in [2.24, 2.45) is 0 Å². The number of hydrogen-bond donors (Lipinski definition) is 2. The molecule has 0 fully saturated rings. The van der Waals surface area contributed by atoms with Crippen LogP contribution in [-0.4, -0.2) is 11.0 Å². The molecule has 2 aromatic rings. The zero-order valence-electron chi connectivity index (χ0n) is 11.1. The normalized spacial score (nSPS) is 15.3. The maximum atomic E-state index is 11.4. The fourth-order valence-corrected chi connectivity index (χ4v) is 3.12. The summed E-state index contributed by atoms with van der Waals surface area (Å²) in [5.74, 6) is 0.0185. The van der Waals surface area contributed by atoms with E-state index in [0.717, 1.165) is 11.3 Å². The van der Waals surface area contributed by atoms with Crippen LogP contribution in [0.4, 0.5) is 5.69 Å². The van der Waals surface area contributed by atoms with Crippen molar-refractivity contribution in [1.29, 1.82) is 0 Å². The second-order valence-electron chi connectivity index (χ2n) is 5.00. The van der Waals surface area contributed by atoms with Gasteiger partial charge < -0.3 is 10.4 Å². The number of amides is 1. The molecule has 0 radical (unpaired) electrons. The van der Waals surface area contributed by atoms with Gasteiger partial charge >= 0.3 is 0 Å². The summed E-state index contributed by atoms with van der Waals surface area (Å²) >= 11 is 12.3. The smallest absolute Gasteiger partial charge is 0.224 e. The molecular weight excluding hydrogens is 309 g/mol. The Balaban J connectivity index is 1.99. The Kier molecular flexibility index (Phi) is 3.89. The molecule has 108 valence electrons. The molecule has 1 amide bonds. The summed E-state index contributed by atoms with van der Waals surface area (Å²) in [5, 5.41) is 14.2. The lowest BCUT2D eigenvalue weighted by Gasteiger charge is -2.20. The summed E-state index contributed by atoms with van der Waals surface area (Å²) in [4.78, 5) is 11.4. The summed E-state index contributed by atoms with van der Waals surface area (Å²) in [6, 6.07) is 10.6. The number of aliphatic hydroxyl groups excluding tert-OH is 1. The molecule has 0 saturated carbocycles. The Morgan fingerprint density at radius 3 is 2.52 bits per heavy atom. The largest absolute Gasteiger partial charge is 0.384 e. The number of carbonyl (C=O) groups excluding carboxylic acids is 1. The van der Waals surface area contributed by atoms with Gasteiger partial charge in [0.15, 0.2) is 0 Å². The van der Waals surface area contributed by atoms with Crippen LogP contribution in [0.3, 0.4) is 0 Å². The van der Waals surface area contributed by atoms with Gasteiger partial charge in [0.2, 0.25) is 5.91 Å². The number of fused-ring (bicyclic) bond motifs is 1. The summed E-state index contributed by atoms with van der Waals surface area (Å²) in [6.45, 7) is 0. The van der Waals surface area contributed by atoms with Gasteiger partial charge in [0.25, 0.3) is 0 Å². The van der Waals surface area contributed by atoms with Crippen LogP contribution in [0.5, 0.6) is 0 Å². The van der Waals surface area contributed by atoms with Crippen molar-refractivity contribution in [3.63, 3.8) is 0 Å². The van der Waals surface area contributed by atoms with E-state index in [1.54, 1.807) is 30.3 Å². The zero-order chi connectivity index (χ0) is 15.0. The molecule has 1 atom stereocenters. The van der Waals surface area contributed by atoms with Crippen LogP contribution in [0, 0.1) is 0 Å². The highest BCUT2D eigenvalue weighted by Gasteiger charge is 2.20. The summed E-state index contributed by atoms with van der Waals surface area (Å²) in [5.41, 5.74) is 3.02. The number of nitrogens with one attached hydrogen (secondary N) is 1. The maximum absolute atomic E-state index is 11.4. The molecular formula is C16H13Cl2NO2. The molecule has 2 aromatic carbocycles. The topological polar surface area (TPSA) is 49.3 Å². The van der Waals surface area contributed by atoms with E-state index in [4.69, 9.17) is 23.2 Å². The predicted molar refractivity (Wildman–Crippen MR) is 83.9 cm³/mol. The van der Waals surface area contributed by atoms with Gasteiger partial charge in [-0.1, -0.05) is 41.4 Å². The van der Waals surface area contributed by atoms with Gasteiger partial charge in [-0.3, -0.25) is 4.79 Å². The number of aliphatic hydroxyl groups is 1. The fraction of sp³-hybridized carbons (Fsp3) is 0.188. The number of benzene rings is 2. The predicted octanol–water partition coefficient (Wildman–Crippen LogP) is 3.96. The van der Waals surface area contributed by atoms with E-state index in [1.807, 2.05) is 6.07 Å². The van der Waals surface area contributed by atoms with Crippen molar-refractivity contribution in [3.05, 3.63) is 63.1 Å². The molecule has 0 aliphatic carbocycles. The number of halogens is 2. The fourth-order valence-electron chi connectivity index (χ4n) is 2.51. The van der Waals surface area contributed by atoms with Crippen LogP contribution < -0.4 is 5.32 Å². The minimum absolute atomic E-state index is 0.0185. The molecule has 0 saturated heterocycles. The third kappa shape index (κ3) is 2.77. The first kappa shape index (κ1) is 14.4. The van der Waals surface area contributed by atoms with Crippen LogP contribution in [0.15, 0.2) is 36.4 Å². The highest BCUT2D eigenvalue weighted by Crippen LogP contribution is 2.35. The van der Waals surface area contributed by atoms with E-state index >= 15 is 0 Å². The molecule has 0 aromatic heterocycles. The summed E-state index contributed by atoms with van der Waals surface area (Å²) < 4.78 is 0. The van der Waals surface area contributed by atoms with E-state index in [-0.39, 0.29) is 5.91 Å². The van der Waals surface area contributed by atoms with Crippen molar-refractivity contribution >= 4 is 34.8 Å². The molecule has 0 spiro atoms. The van der Waals surface area contributed by atoms with Crippen LogP contribution in [0.25, 0.3) is 0 Å². The highest BCUT2D eigenvalue weighted by atomic mass is 35.5. The lowest BCUT2D eigenvalue weighted by Crippen LogP contribution is -2.19. The summed E-state index contributed by atoms with van der Waals surface area (Å²) in [6.07, 6.45) is 0.228. The Hall–Kier alpha value is -1.55.